The van der Waals surface area contributed by atoms with E-state index >= 15 is 0 Å². The summed E-state index contributed by atoms with van der Waals surface area (Å²) in [6.07, 6.45) is 5.55. The van der Waals surface area contributed by atoms with Gasteiger partial charge in [0.1, 0.15) is 5.69 Å². The molecule has 4 aromatic rings. The van der Waals surface area contributed by atoms with Crippen LogP contribution < -0.4 is 9.47 Å². The summed E-state index contributed by atoms with van der Waals surface area (Å²) < 4.78 is 11.6. The van der Waals surface area contributed by atoms with Gasteiger partial charge in [0, 0.05) is 30.1 Å². The number of hydrogen-bond donors (Lipinski definition) is 1. The predicted molar refractivity (Wildman–Crippen MR) is 133 cm³/mol. The normalized spacial score (nSPS) is 14.7. The molecule has 1 atom stereocenters. The summed E-state index contributed by atoms with van der Waals surface area (Å²) in [6.45, 7) is 3.18. The van der Waals surface area contributed by atoms with Gasteiger partial charge in [-0.25, -0.2) is 0 Å². The molecule has 2 aromatic heterocycles. The van der Waals surface area contributed by atoms with E-state index in [-0.39, 0.29) is 11.9 Å². The number of hydrogen-bond acceptors (Lipinski definition) is 5. The van der Waals surface area contributed by atoms with Crippen LogP contribution in [0, 0.1) is 0 Å². The molecule has 0 aliphatic carbocycles. The second-order valence-corrected chi connectivity index (χ2v) is 8.54. The molecule has 1 aliphatic rings. The molecule has 0 fully saturated rings. The van der Waals surface area contributed by atoms with Gasteiger partial charge >= 0.3 is 0 Å². The molecule has 178 valence electrons. The lowest BCUT2D eigenvalue weighted by atomic mass is 9.95. The average molecular weight is 469 g/mol. The zero-order valence-electron chi connectivity index (χ0n) is 19.9. The molecule has 2 aromatic carbocycles. The number of amides is 1. The van der Waals surface area contributed by atoms with Crippen LogP contribution in [0.2, 0.25) is 0 Å². The number of benzene rings is 2. The van der Waals surface area contributed by atoms with Crippen LogP contribution >= 0.6 is 0 Å². The van der Waals surface area contributed by atoms with E-state index in [1.165, 1.54) is 0 Å². The molecular weight excluding hydrogens is 440 g/mol. The summed E-state index contributed by atoms with van der Waals surface area (Å²) in [5.41, 5.74) is 5.00. The van der Waals surface area contributed by atoms with Gasteiger partial charge in [-0.2, -0.15) is 5.10 Å². The van der Waals surface area contributed by atoms with E-state index in [0.717, 1.165) is 40.8 Å². The molecule has 1 amide bonds. The number of aromatic amines is 1. The number of fused-ring (bicyclic) bond motifs is 1. The van der Waals surface area contributed by atoms with Crippen molar-refractivity contribution in [3.63, 3.8) is 0 Å². The Bertz CT molecular complexity index is 1300. The Kier molecular flexibility index (Phi) is 6.48. The van der Waals surface area contributed by atoms with Gasteiger partial charge in [0.2, 0.25) is 0 Å². The summed E-state index contributed by atoms with van der Waals surface area (Å²) in [5.74, 6) is 1.25. The fourth-order valence-corrected chi connectivity index (χ4v) is 4.51. The monoisotopic (exact) mass is 468 g/mol. The van der Waals surface area contributed by atoms with Crippen molar-refractivity contribution in [3.8, 4) is 22.8 Å². The molecule has 3 heterocycles. The third-order valence-corrected chi connectivity index (χ3v) is 6.25. The van der Waals surface area contributed by atoms with E-state index in [9.17, 15) is 4.79 Å². The minimum atomic E-state index is -0.342. The SMILES string of the molecule is CCCCOc1ccc(C2c3c(-c4ccccc4)n[nH]c3C(=O)N2Cc2cccnc2)cc1OC. The Morgan fingerprint density at radius 1 is 1.06 bits per heavy atom. The number of nitrogens with one attached hydrogen (secondary N) is 1. The first kappa shape index (κ1) is 22.7. The highest BCUT2D eigenvalue weighted by atomic mass is 16.5. The van der Waals surface area contributed by atoms with E-state index in [1.54, 1.807) is 19.5 Å². The Morgan fingerprint density at radius 3 is 2.66 bits per heavy atom. The van der Waals surface area contributed by atoms with Gasteiger partial charge in [-0.1, -0.05) is 55.8 Å². The first-order valence-electron chi connectivity index (χ1n) is 11.9. The summed E-state index contributed by atoms with van der Waals surface area (Å²) in [5, 5.41) is 7.56. The van der Waals surface area contributed by atoms with Crippen LogP contribution in [0.4, 0.5) is 0 Å². The largest absolute Gasteiger partial charge is 0.493 e. The van der Waals surface area contributed by atoms with Crippen molar-refractivity contribution in [1.82, 2.24) is 20.1 Å². The molecule has 35 heavy (non-hydrogen) atoms. The Labute approximate surface area is 204 Å². The molecule has 5 rings (SSSR count). The smallest absolute Gasteiger partial charge is 0.273 e. The van der Waals surface area contributed by atoms with Crippen molar-refractivity contribution in [3.05, 3.63) is 95.4 Å². The lowest BCUT2D eigenvalue weighted by Gasteiger charge is -2.27. The number of H-pyrrole nitrogens is 1. The van der Waals surface area contributed by atoms with Crippen molar-refractivity contribution >= 4 is 5.91 Å². The van der Waals surface area contributed by atoms with Crippen LogP contribution in [0.3, 0.4) is 0 Å². The summed E-state index contributed by atoms with van der Waals surface area (Å²) in [4.78, 5) is 19.7. The van der Waals surface area contributed by atoms with E-state index in [2.05, 4.69) is 22.1 Å². The lowest BCUT2D eigenvalue weighted by Crippen LogP contribution is -2.29. The standard InChI is InChI=1S/C28H28N4O3/c1-3-4-15-35-22-13-12-21(16-23(22)34-2)27-24-25(20-10-6-5-7-11-20)30-31-26(24)28(33)32(27)18-19-9-8-14-29-17-19/h5-14,16-17,27H,3-4,15,18H2,1-2H3,(H,30,31). The van der Waals surface area contributed by atoms with Crippen LogP contribution in [0.15, 0.2) is 73.1 Å². The number of carbonyl (C=O) groups is 1. The zero-order valence-corrected chi connectivity index (χ0v) is 19.9. The maximum atomic E-state index is 13.6. The highest BCUT2D eigenvalue weighted by molar-refractivity contribution is 6.00. The number of rotatable bonds is 9. The molecule has 7 nitrogen and oxygen atoms in total. The molecular formula is C28H28N4O3. The van der Waals surface area contributed by atoms with Crippen LogP contribution in [-0.4, -0.2) is 39.7 Å². The molecule has 0 saturated carbocycles. The Morgan fingerprint density at radius 2 is 1.91 bits per heavy atom. The molecule has 1 N–H and O–H groups in total. The van der Waals surface area contributed by atoms with E-state index in [1.807, 2.05) is 65.6 Å². The van der Waals surface area contributed by atoms with E-state index < -0.39 is 0 Å². The van der Waals surface area contributed by atoms with Crippen LogP contribution in [-0.2, 0) is 6.54 Å². The van der Waals surface area contributed by atoms with Crippen molar-refractivity contribution < 1.29 is 14.3 Å². The van der Waals surface area contributed by atoms with Crippen molar-refractivity contribution in [2.45, 2.75) is 32.4 Å². The third kappa shape index (κ3) is 4.37. The first-order valence-corrected chi connectivity index (χ1v) is 11.9. The molecule has 0 bridgehead atoms. The summed E-state index contributed by atoms with van der Waals surface area (Å²) in [6, 6.07) is 19.3. The zero-order chi connectivity index (χ0) is 24.2. The van der Waals surface area contributed by atoms with Crippen LogP contribution in [0.25, 0.3) is 11.3 Å². The second-order valence-electron chi connectivity index (χ2n) is 8.54. The number of pyridine rings is 1. The highest BCUT2D eigenvalue weighted by Crippen LogP contribution is 2.45. The maximum Gasteiger partial charge on any atom is 0.273 e. The number of ether oxygens (including phenoxy) is 2. The first-order chi connectivity index (χ1) is 17.2. The predicted octanol–water partition coefficient (Wildman–Crippen LogP) is 5.40. The number of aromatic nitrogens is 3. The van der Waals surface area contributed by atoms with Gasteiger partial charge in [-0.3, -0.25) is 14.9 Å². The van der Waals surface area contributed by atoms with Gasteiger partial charge in [0.25, 0.3) is 5.91 Å². The van der Waals surface area contributed by atoms with Crippen LogP contribution in [0.5, 0.6) is 11.5 Å². The van der Waals surface area contributed by atoms with Gasteiger partial charge in [-0.15, -0.1) is 0 Å². The molecule has 0 spiro atoms. The fraction of sp³-hybridized carbons (Fsp3) is 0.250. The number of nitrogens with zero attached hydrogens (tertiary/aromatic N) is 3. The van der Waals surface area contributed by atoms with Crippen molar-refractivity contribution in [2.75, 3.05) is 13.7 Å². The number of methoxy groups -OCH3 is 1. The van der Waals surface area contributed by atoms with E-state index in [0.29, 0.717) is 30.3 Å². The molecule has 0 saturated heterocycles. The summed E-state index contributed by atoms with van der Waals surface area (Å²) in [7, 11) is 1.64. The van der Waals surface area contributed by atoms with Crippen molar-refractivity contribution in [1.29, 1.82) is 0 Å². The fourth-order valence-electron chi connectivity index (χ4n) is 4.51. The van der Waals surface area contributed by atoms with Gasteiger partial charge < -0.3 is 14.4 Å². The number of unbranched alkanes of at least 4 members (excludes halogenated alkanes) is 1. The van der Waals surface area contributed by atoms with Gasteiger partial charge in [0.05, 0.1) is 25.5 Å². The van der Waals surface area contributed by atoms with Crippen LogP contribution in [0.1, 0.15) is 53.0 Å². The third-order valence-electron chi connectivity index (χ3n) is 6.25. The molecule has 1 aliphatic heterocycles. The Balaban J connectivity index is 1.60. The number of carbonyl (C=O) groups excluding carboxylic acids is 1. The summed E-state index contributed by atoms with van der Waals surface area (Å²) >= 11 is 0. The minimum Gasteiger partial charge on any atom is -0.493 e. The lowest BCUT2D eigenvalue weighted by molar-refractivity contribution is 0.0729. The van der Waals surface area contributed by atoms with Gasteiger partial charge in [-0.05, 0) is 35.7 Å². The van der Waals surface area contributed by atoms with E-state index in [4.69, 9.17) is 9.47 Å². The van der Waals surface area contributed by atoms with Crippen molar-refractivity contribution in [2.24, 2.45) is 0 Å². The topological polar surface area (TPSA) is 80.3 Å². The molecule has 1 unspecified atom stereocenters. The highest BCUT2D eigenvalue weighted by Gasteiger charge is 2.42. The average Bonchev–Trinajstić information content (AvgIpc) is 3.44. The minimum absolute atomic E-state index is 0.0919. The second kappa shape index (κ2) is 10.0. The molecule has 7 heteroatoms. The quantitative estimate of drug-likeness (QED) is 0.333. The van der Waals surface area contributed by atoms with Gasteiger partial charge in [0.15, 0.2) is 11.5 Å². The maximum absolute atomic E-state index is 13.6. The molecule has 0 radical (unpaired) electrons. The Hall–Kier alpha value is -4.13.